The summed E-state index contributed by atoms with van der Waals surface area (Å²) in [5, 5.41) is 1.96. The summed E-state index contributed by atoms with van der Waals surface area (Å²) in [6, 6.07) is 4.09. The molecule has 1 saturated heterocycles. The lowest BCUT2D eigenvalue weighted by Crippen LogP contribution is -2.43. The number of hydrogen-bond acceptors (Lipinski definition) is 4. The van der Waals surface area contributed by atoms with Crippen LogP contribution in [0.1, 0.15) is 24.1 Å². The van der Waals surface area contributed by atoms with Crippen molar-refractivity contribution in [3.8, 4) is 0 Å². The van der Waals surface area contributed by atoms with Gasteiger partial charge >= 0.3 is 0 Å². The maximum absolute atomic E-state index is 12.4. The van der Waals surface area contributed by atoms with Gasteiger partial charge in [-0.05, 0) is 30.7 Å². The highest BCUT2D eigenvalue weighted by molar-refractivity contribution is 7.91. The van der Waals surface area contributed by atoms with Crippen molar-refractivity contribution >= 4 is 27.1 Å². The molecule has 0 bridgehead atoms. The second-order valence-electron chi connectivity index (χ2n) is 5.35. The Morgan fingerprint density at radius 1 is 1.32 bits per heavy atom. The molecule has 104 valence electrons. The van der Waals surface area contributed by atoms with Gasteiger partial charge in [-0.2, -0.15) is 0 Å². The Morgan fingerprint density at radius 3 is 2.63 bits per heavy atom. The molecular weight excluding hydrogens is 282 g/mol. The van der Waals surface area contributed by atoms with Gasteiger partial charge in [0, 0.05) is 17.0 Å². The Hall–Kier alpha value is -0.880. The number of sulfone groups is 1. The zero-order valence-corrected chi connectivity index (χ0v) is 12.3. The molecule has 0 N–H and O–H groups in total. The molecule has 1 aromatic heterocycles. The minimum atomic E-state index is -2.93. The average Bonchev–Trinajstić information content (AvgIpc) is 2.90. The van der Waals surface area contributed by atoms with Gasteiger partial charge in [-0.3, -0.25) is 4.79 Å². The number of nitrogens with zero attached hydrogens (tertiary/aromatic N) is 1. The highest BCUT2D eigenvalue weighted by Crippen LogP contribution is 2.33. The van der Waals surface area contributed by atoms with Crippen molar-refractivity contribution in [2.45, 2.75) is 37.8 Å². The third-order valence-electron chi connectivity index (χ3n) is 3.74. The molecule has 1 saturated carbocycles. The first-order valence-corrected chi connectivity index (χ1v) is 9.29. The van der Waals surface area contributed by atoms with Crippen LogP contribution in [0.5, 0.6) is 0 Å². The molecule has 1 amide bonds. The minimum absolute atomic E-state index is 0.0899. The lowest BCUT2D eigenvalue weighted by Gasteiger charge is -2.28. The SMILES string of the molecule is O=C(Cc1cccs1)N(C1CC1)C1CCS(=O)(=O)C1. The summed E-state index contributed by atoms with van der Waals surface area (Å²) in [6.45, 7) is 0. The number of carbonyl (C=O) groups excluding carboxylic acids is 1. The molecule has 0 aromatic carbocycles. The van der Waals surface area contributed by atoms with Crippen molar-refractivity contribution < 1.29 is 13.2 Å². The molecular formula is C13H17NO3S2. The second kappa shape index (κ2) is 4.90. The van der Waals surface area contributed by atoms with Crippen LogP contribution in [0.15, 0.2) is 17.5 Å². The van der Waals surface area contributed by atoms with E-state index in [4.69, 9.17) is 0 Å². The van der Waals surface area contributed by atoms with Gasteiger partial charge in [0.15, 0.2) is 9.84 Å². The fourth-order valence-corrected chi connectivity index (χ4v) is 5.11. The predicted octanol–water partition coefficient (Wildman–Crippen LogP) is 1.47. The summed E-state index contributed by atoms with van der Waals surface area (Å²) < 4.78 is 23.2. The second-order valence-corrected chi connectivity index (χ2v) is 8.61. The first-order chi connectivity index (χ1) is 9.05. The number of rotatable bonds is 4. The molecule has 1 atom stereocenters. The van der Waals surface area contributed by atoms with Gasteiger partial charge in [0.2, 0.25) is 5.91 Å². The van der Waals surface area contributed by atoms with E-state index in [2.05, 4.69) is 0 Å². The van der Waals surface area contributed by atoms with Crippen molar-refractivity contribution in [1.29, 1.82) is 0 Å². The molecule has 2 fully saturated rings. The molecule has 19 heavy (non-hydrogen) atoms. The van der Waals surface area contributed by atoms with Crippen molar-refractivity contribution in [3.05, 3.63) is 22.4 Å². The van der Waals surface area contributed by atoms with Crippen LogP contribution >= 0.6 is 11.3 Å². The van der Waals surface area contributed by atoms with Crippen LogP contribution in [-0.2, 0) is 21.1 Å². The lowest BCUT2D eigenvalue weighted by molar-refractivity contribution is -0.132. The van der Waals surface area contributed by atoms with Crippen LogP contribution in [-0.4, -0.2) is 42.8 Å². The zero-order valence-electron chi connectivity index (χ0n) is 10.6. The minimum Gasteiger partial charge on any atom is -0.335 e. The van der Waals surface area contributed by atoms with Crippen molar-refractivity contribution in [3.63, 3.8) is 0 Å². The zero-order chi connectivity index (χ0) is 13.5. The van der Waals surface area contributed by atoms with E-state index < -0.39 is 9.84 Å². The Kier molecular flexibility index (Phi) is 3.39. The van der Waals surface area contributed by atoms with Gasteiger partial charge in [0.05, 0.1) is 17.9 Å². The molecule has 1 aliphatic heterocycles. The van der Waals surface area contributed by atoms with Crippen LogP contribution in [0.4, 0.5) is 0 Å². The van der Waals surface area contributed by atoms with Gasteiger partial charge in [-0.25, -0.2) is 8.42 Å². The van der Waals surface area contributed by atoms with E-state index in [1.54, 1.807) is 11.3 Å². The van der Waals surface area contributed by atoms with Gasteiger partial charge < -0.3 is 4.90 Å². The van der Waals surface area contributed by atoms with Gasteiger partial charge in [0.25, 0.3) is 0 Å². The van der Waals surface area contributed by atoms with Crippen molar-refractivity contribution in [2.75, 3.05) is 11.5 Å². The number of carbonyl (C=O) groups is 1. The smallest absolute Gasteiger partial charge is 0.228 e. The van der Waals surface area contributed by atoms with Crippen molar-refractivity contribution in [1.82, 2.24) is 4.90 Å². The number of thiophene rings is 1. The van der Waals surface area contributed by atoms with Crippen LogP contribution in [0, 0.1) is 0 Å². The van der Waals surface area contributed by atoms with E-state index in [0.717, 1.165) is 17.7 Å². The summed E-state index contributed by atoms with van der Waals surface area (Å²) in [5.74, 6) is 0.472. The summed E-state index contributed by atoms with van der Waals surface area (Å²) in [6.07, 6.45) is 3.05. The Labute approximate surface area is 117 Å². The van der Waals surface area contributed by atoms with E-state index in [0.29, 0.717) is 12.8 Å². The Balaban J connectivity index is 1.72. The Morgan fingerprint density at radius 2 is 2.11 bits per heavy atom. The van der Waals surface area contributed by atoms with Gasteiger partial charge in [-0.1, -0.05) is 6.07 Å². The standard InChI is InChI=1S/C13H17NO3S2/c15-13(8-12-2-1-6-18-12)14(10-3-4-10)11-5-7-19(16,17)9-11/h1-2,6,10-11H,3-5,7-9H2. The highest BCUT2D eigenvalue weighted by Gasteiger charge is 2.41. The Bertz CT molecular complexity index is 561. The van der Waals surface area contributed by atoms with Crippen LogP contribution in [0.3, 0.4) is 0 Å². The van der Waals surface area contributed by atoms with E-state index in [-0.39, 0.29) is 29.5 Å². The van der Waals surface area contributed by atoms with E-state index in [9.17, 15) is 13.2 Å². The van der Waals surface area contributed by atoms with E-state index >= 15 is 0 Å². The highest BCUT2D eigenvalue weighted by atomic mass is 32.2. The quantitative estimate of drug-likeness (QED) is 0.846. The van der Waals surface area contributed by atoms with E-state index in [1.807, 2.05) is 22.4 Å². The lowest BCUT2D eigenvalue weighted by atomic mass is 10.2. The predicted molar refractivity (Wildman–Crippen MR) is 74.9 cm³/mol. The molecule has 2 aliphatic rings. The molecule has 6 heteroatoms. The normalized spacial score (nSPS) is 25.4. The molecule has 1 aliphatic carbocycles. The molecule has 3 rings (SSSR count). The molecule has 1 aromatic rings. The van der Waals surface area contributed by atoms with Crippen LogP contribution < -0.4 is 0 Å². The van der Waals surface area contributed by atoms with E-state index in [1.165, 1.54) is 0 Å². The summed E-state index contributed by atoms with van der Waals surface area (Å²) in [7, 11) is -2.93. The largest absolute Gasteiger partial charge is 0.335 e. The molecule has 0 spiro atoms. The molecule has 0 radical (unpaired) electrons. The number of hydrogen-bond donors (Lipinski definition) is 0. The van der Waals surface area contributed by atoms with Gasteiger partial charge in [-0.15, -0.1) is 11.3 Å². The first-order valence-electron chi connectivity index (χ1n) is 6.59. The molecule has 2 heterocycles. The average molecular weight is 299 g/mol. The monoisotopic (exact) mass is 299 g/mol. The third-order valence-corrected chi connectivity index (χ3v) is 6.36. The number of amides is 1. The van der Waals surface area contributed by atoms with Crippen LogP contribution in [0.25, 0.3) is 0 Å². The molecule has 1 unspecified atom stereocenters. The first kappa shape index (κ1) is 13.1. The fraction of sp³-hybridized carbons (Fsp3) is 0.615. The third kappa shape index (κ3) is 3.00. The summed E-state index contributed by atoms with van der Waals surface area (Å²) in [4.78, 5) is 15.3. The molecule has 4 nitrogen and oxygen atoms in total. The van der Waals surface area contributed by atoms with Gasteiger partial charge in [0.1, 0.15) is 0 Å². The maximum Gasteiger partial charge on any atom is 0.228 e. The topological polar surface area (TPSA) is 54.5 Å². The maximum atomic E-state index is 12.4. The van der Waals surface area contributed by atoms with Crippen LogP contribution in [0.2, 0.25) is 0 Å². The summed E-state index contributed by atoms with van der Waals surface area (Å²) >= 11 is 1.58. The fourth-order valence-electron chi connectivity index (χ4n) is 2.71. The van der Waals surface area contributed by atoms with Crippen molar-refractivity contribution in [2.24, 2.45) is 0 Å². The summed E-state index contributed by atoms with van der Waals surface area (Å²) in [5.41, 5.74) is 0.